The van der Waals surface area contributed by atoms with Crippen LogP contribution in [0, 0.1) is 17.3 Å². The average Bonchev–Trinajstić information content (AvgIpc) is 3.06. The van der Waals surface area contributed by atoms with Crippen molar-refractivity contribution in [3.05, 3.63) is 64.7 Å². The molecule has 0 aliphatic heterocycles. The van der Waals surface area contributed by atoms with E-state index in [1.165, 1.54) is 11.1 Å². The van der Waals surface area contributed by atoms with Gasteiger partial charge in [-0.1, -0.05) is 42.4 Å². The molecule has 2 aromatic rings. The van der Waals surface area contributed by atoms with Crippen molar-refractivity contribution < 1.29 is 15.1 Å². The molecule has 0 saturated heterocycles. The van der Waals surface area contributed by atoms with Crippen molar-refractivity contribution in [2.24, 2.45) is 22.4 Å². The number of nitrogens with zero attached hydrogens (tertiary/aromatic N) is 1. The second-order valence-corrected chi connectivity index (χ2v) is 9.66. The van der Waals surface area contributed by atoms with Gasteiger partial charge in [0.05, 0.1) is 12.3 Å². The quantitative estimate of drug-likeness (QED) is 0.546. The molecule has 0 aromatic heterocycles. The summed E-state index contributed by atoms with van der Waals surface area (Å²) < 4.78 is 0. The number of oxime groups is 1. The lowest BCUT2D eigenvalue weighted by Crippen LogP contribution is -2.43. The smallest absolute Gasteiger partial charge is 0.142 e. The minimum Gasteiger partial charge on any atom is -0.507 e. The first-order valence-electron chi connectivity index (χ1n) is 11.3. The van der Waals surface area contributed by atoms with E-state index in [9.17, 15) is 10.2 Å². The summed E-state index contributed by atoms with van der Waals surface area (Å²) in [7, 11) is 0. The Morgan fingerprint density at radius 3 is 2.80 bits per heavy atom. The van der Waals surface area contributed by atoms with Gasteiger partial charge in [0.2, 0.25) is 0 Å². The molecule has 3 aliphatic carbocycles. The maximum atomic E-state index is 10.6. The van der Waals surface area contributed by atoms with Gasteiger partial charge in [-0.25, -0.2) is 0 Å². The maximum absolute atomic E-state index is 10.6. The Hall–Kier alpha value is -2.33. The molecule has 4 nitrogen and oxygen atoms in total. The maximum Gasteiger partial charge on any atom is 0.142 e. The molecule has 2 aromatic carbocycles. The molecule has 2 N–H and O–H groups in total. The Morgan fingerprint density at radius 1 is 1.13 bits per heavy atom. The van der Waals surface area contributed by atoms with Crippen LogP contribution in [-0.2, 0) is 17.9 Å². The van der Waals surface area contributed by atoms with Crippen LogP contribution < -0.4 is 0 Å². The third-order valence-electron chi connectivity index (χ3n) is 8.16. The van der Waals surface area contributed by atoms with E-state index in [0.717, 1.165) is 49.7 Å². The number of aliphatic hydroxyl groups is 1. The largest absolute Gasteiger partial charge is 0.507 e. The first-order chi connectivity index (χ1) is 14.6. The van der Waals surface area contributed by atoms with Crippen LogP contribution in [0.15, 0.2) is 47.6 Å². The van der Waals surface area contributed by atoms with E-state index in [0.29, 0.717) is 24.4 Å². The molecule has 3 aliphatic rings. The number of phenolic OH excluding ortho intramolecular Hbond substituents is 1. The summed E-state index contributed by atoms with van der Waals surface area (Å²) in [6.45, 7) is 2.72. The molecule has 5 rings (SSSR count). The molecule has 3 unspecified atom stereocenters. The van der Waals surface area contributed by atoms with Gasteiger partial charge in [0, 0.05) is 5.56 Å². The van der Waals surface area contributed by atoms with Crippen molar-refractivity contribution >= 4 is 6.21 Å². The van der Waals surface area contributed by atoms with Crippen LogP contribution in [-0.4, -0.2) is 22.5 Å². The molecule has 0 radical (unpaired) electrons. The monoisotopic (exact) mass is 405 g/mol. The molecule has 30 heavy (non-hydrogen) atoms. The van der Waals surface area contributed by atoms with Gasteiger partial charge in [-0.2, -0.15) is 0 Å². The van der Waals surface area contributed by atoms with Crippen LogP contribution >= 0.6 is 0 Å². The summed E-state index contributed by atoms with van der Waals surface area (Å²) in [5.74, 6) is 2.04. The van der Waals surface area contributed by atoms with E-state index in [1.54, 1.807) is 6.21 Å². The standard InChI is InChI=1S/C26H31NO3/c1-26-12-11-20-21(23(26)9-10-25(26)29)8-7-18-14-24(28)19(13-22(18)20)15-27-30-16-17-5-3-2-4-6-17/h2-6,13-15,20-21,23,25,28-29H,7-12,16H2,1H3/b27-15+/t20?,21?,23?,25-,26-/m0/s1. The van der Waals surface area contributed by atoms with Crippen molar-refractivity contribution in [3.63, 3.8) is 0 Å². The number of phenols is 1. The fourth-order valence-electron chi connectivity index (χ4n) is 6.48. The molecular weight excluding hydrogens is 374 g/mol. The Bertz CT molecular complexity index is 941. The van der Waals surface area contributed by atoms with Gasteiger partial charge in [-0.15, -0.1) is 0 Å². The number of aliphatic hydroxyl groups excluding tert-OH is 1. The predicted molar refractivity (Wildman–Crippen MR) is 118 cm³/mol. The van der Waals surface area contributed by atoms with Gasteiger partial charge in [0.25, 0.3) is 0 Å². The first kappa shape index (κ1) is 19.6. The number of hydrogen-bond donors (Lipinski definition) is 2. The van der Waals surface area contributed by atoms with Crippen molar-refractivity contribution in [2.45, 2.75) is 64.1 Å². The van der Waals surface area contributed by atoms with E-state index in [2.05, 4.69) is 18.1 Å². The highest BCUT2D eigenvalue weighted by atomic mass is 16.6. The molecule has 5 atom stereocenters. The van der Waals surface area contributed by atoms with Crippen LogP contribution in [0.4, 0.5) is 0 Å². The second-order valence-electron chi connectivity index (χ2n) is 9.66. The zero-order valence-corrected chi connectivity index (χ0v) is 17.6. The van der Waals surface area contributed by atoms with E-state index in [-0.39, 0.29) is 17.3 Å². The first-order valence-corrected chi connectivity index (χ1v) is 11.3. The average molecular weight is 406 g/mol. The number of hydrogen-bond acceptors (Lipinski definition) is 4. The van der Waals surface area contributed by atoms with E-state index in [1.807, 2.05) is 36.4 Å². The minimum absolute atomic E-state index is 0.0884. The summed E-state index contributed by atoms with van der Waals surface area (Å²) in [6, 6.07) is 14.0. The number of rotatable bonds is 4. The number of fused-ring (bicyclic) bond motifs is 5. The van der Waals surface area contributed by atoms with Crippen molar-refractivity contribution in [3.8, 4) is 5.75 Å². The summed E-state index contributed by atoms with van der Waals surface area (Å²) >= 11 is 0. The third kappa shape index (κ3) is 3.31. The highest BCUT2D eigenvalue weighted by molar-refractivity contribution is 5.83. The van der Waals surface area contributed by atoms with Crippen molar-refractivity contribution in [1.82, 2.24) is 0 Å². The molecule has 2 fully saturated rings. The number of aromatic hydroxyl groups is 1. The van der Waals surface area contributed by atoms with Crippen LogP contribution in [0.1, 0.15) is 67.2 Å². The lowest BCUT2D eigenvalue weighted by molar-refractivity contribution is -0.0226. The highest BCUT2D eigenvalue weighted by Crippen LogP contribution is 2.61. The zero-order chi connectivity index (χ0) is 20.7. The van der Waals surface area contributed by atoms with E-state index in [4.69, 9.17) is 4.84 Å². The predicted octanol–water partition coefficient (Wildman–Crippen LogP) is 5.16. The van der Waals surface area contributed by atoms with Gasteiger partial charge in [-0.3, -0.25) is 0 Å². The summed E-state index contributed by atoms with van der Waals surface area (Å²) in [6.07, 6.45) is 7.96. The van der Waals surface area contributed by atoms with Gasteiger partial charge >= 0.3 is 0 Å². The van der Waals surface area contributed by atoms with Gasteiger partial charge < -0.3 is 15.1 Å². The Kier molecular flexibility index (Phi) is 5.06. The van der Waals surface area contributed by atoms with Gasteiger partial charge in [-0.05, 0) is 90.5 Å². The Morgan fingerprint density at radius 2 is 1.97 bits per heavy atom. The lowest BCUT2D eigenvalue weighted by Gasteiger charge is -2.50. The van der Waals surface area contributed by atoms with Crippen molar-refractivity contribution in [2.75, 3.05) is 0 Å². The molecule has 0 amide bonds. The normalized spacial score (nSPS) is 32.5. The minimum atomic E-state index is -0.144. The van der Waals surface area contributed by atoms with Crippen LogP contribution in [0.3, 0.4) is 0 Å². The molecule has 0 bridgehead atoms. The Balaban J connectivity index is 1.35. The topological polar surface area (TPSA) is 62.0 Å². The molecular formula is C26H31NO3. The summed E-state index contributed by atoms with van der Waals surface area (Å²) in [5, 5.41) is 25.2. The van der Waals surface area contributed by atoms with E-state index < -0.39 is 0 Å². The van der Waals surface area contributed by atoms with Crippen molar-refractivity contribution in [1.29, 1.82) is 0 Å². The van der Waals surface area contributed by atoms with Crippen LogP contribution in [0.2, 0.25) is 0 Å². The fraction of sp³-hybridized carbons (Fsp3) is 0.500. The van der Waals surface area contributed by atoms with Crippen LogP contribution in [0.25, 0.3) is 0 Å². The lowest BCUT2D eigenvalue weighted by atomic mass is 9.55. The molecule has 4 heteroatoms. The number of aryl methyl sites for hydroxylation is 1. The number of benzene rings is 2. The SMILES string of the molecule is C[C@]12CCC3c4cc(/C=N/OCc5ccccc5)c(O)cc4CCC3C1CC[C@@H]2O. The van der Waals surface area contributed by atoms with Crippen LogP contribution in [0.5, 0.6) is 5.75 Å². The third-order valence-corrected chi connectivity index (χ3v) is 8.16. The Labute approximate surface area is 178 Å². The van der Waals surface area contributed by atoms with E-state index >= 15 is 0 Å². The summed E-state index contributed by atoms with van der Waals surface area (Å²) in [4.78, 5) is 5.44. The summed E-state index contributed by atoms with van der Waals surface area (Å²) in [5.41, 5.74) is 4.53. The fourth-order valence-corrected chi connectivity index (χ4v) is 6.48. The zero-order valence-electron chi connectivity index (χ0n) is 17.6. The molecule has 2 saturated carbocycles. The highest BCUT2D eigenvalue weighted by Gasteiger charge is 2.54. The molecule has 0 heterocycles. The molecule has 158 valence electrons. The van der Waals surface area contributed by atoms with Gasteiger partial charge in [0.1, 0.15) is 12.4 Å². The van der Waals surface area contributed by atoms with Gasteiger partial charge in [0.15, 0.2) is 0 Å². The molecule has 0 spiro atoms. The second kappa shape index (κ2) is 7.73.